The van der Waals surface area contributed by atoms with Gasteiger partial charge in [-0.05, 0) is 36.2 Å². The highest BCUT2D eigenvalue weighted by atomic mass is 35.5. The molecule has 0 atom stereocenters. The lowest BCUT2D eigenvalue weighted by Crippen LogP contribution is -2.06. The lowest BCUT2D eigenvalue weighted by molar-refractivity contribution is 0.0992. The molecule has 0 fully saturated rings. The number of ketones is 1. The molecule has 0 aliphatic heterocycles. The van der Waals surface area contributed by atoms with Crippen molar-refractivity contribution < 1.29 is 4.79 Å². The molecule has 0 radical (unpaired) electrons. The molecule has 0 saturated carbocycles. The third-order valence-corrected chi connectivity index (χ3v) is 3.30. The number of nitrogens with zero attached hydrogens (tertiary/aromatic N) is 1. The van der Waals surface area contributed by atoms with E-state index >= 15 is 0 Å². The van der Waals surface area contributed by atoms with Gasteiger partial charge >= 0.3 is 0 Å². The van der Waals surface area contributed by atoms with E-state index in [9.17, 15) is 4.79 Å². The van der Waals surface area contributed by atoms with Gasteiger partial charge in [-0.25, -0.2) is 0 Å². The van der Waals surface area contributed by atoms with Crippen molar-refractivity contribution in [2.45, 2.75) is 19.8 Å². The minimum absolute atomic E-state index is 0.0138. The molecule has 0 aliphatic rings. The van der Waals surface area contributed by atoms with Crippen molar-refractivity contribution in [3.05, 3.63) is 58.4 Å². The van der Waals surface area contributed by atoms with Crippen LogP contribution in [0.2, 0.25) is 5.02 Å². The Labute approximate surface area is 117 Å². The molecule has 0 aliphatic carbocycles. The zero-order valence-corrected chi connectivity index (χ0v) is 11.4. The summed E-state index contributed by atoms with van der Waals surface area (Å²) in [6, 6.07) is 8.80. The molecule has 2 N–H and O–H groups in total. The predicted molar refractivity (Wildman–Crippen MR) is 77.5 cm³/mol. The van der Waals surface area contributed by atoms with E-state index in [2.05, 4.69) is 11.9 Å². The van der Waals surface area contributed by atoms with Crippen molar-refractivity contribution in [2.75, 3.05) is 5.73 Å². The van der Waals surface area contributed by atoms with Gasteiger partial charge in [0.25, 0.3) is 0 Å². The topological polar surface area (TPSA) is 56.0 Å². The number of nitrogens with two attached hydrogens (primary N) is 1. The van der Waals surface area contributed by atoms with Crippen LogP contribution in [0.3, 0.4) is 0 Å². The normalized spacial score (nSPS) is 10.4. The maximum atomic E-state index is 12.1. The minimum atomic E-state index is -0.0138. The number of carbonyl (C=O) groups excluding carboxylic acids is 1. The average molecular weight is 275 g/mol. The van der Waals surface area contributed by atoms with E-state index in [1.165, 1.54) is 0 Å². The van der Waals surface area contributed by atoms with Gasteiger partial charge in [-0.2, -0.15) is 0 Å². The first-order valence-electron chi connectivity index (χ1n) is 6.12. The summed E-state index contributed by atoms with van der Waals surface area (Å²) >= 11 is 5.83. The number of aromatic nitrogens is 1. The van der Waals surface area contributed by atoms with Gasteiger partial charge in [0, 0.05) is 17.5 Å². The average Bonchev–Trinajstić information content (AvgIpc) is 2.42. The van der Waals surface area contributed by atoms with Crippen LogP contribution in [0, 0.1) is 0 Å². The van der Waals surface area contributed by atoms with Crippen molar-refractivity contribution in [3.63, 3.8) is 0 Å². The second-order valence-electron chi connectivity index (χ2n) is 4.35. The smallest absolute Gasteiger partial charge is 0.168 e. The van der Waals surface area contributed by atoms with E-state index in [4.69, 9.17) is 17.3 Å². The molecule has 0 spiro atoms. The summed E-state index contributed by atoms with van der Waals surface area (Å²) in [6.45, 7) is 2.07. The Morgan fingerprint density at radius 2 is 2.11 bits per heavy atom. The highest BCUT2D eigenvalue weighted by Gasteiger charge is 2.09. The number of anilines is 1. The largest absolute Gasteiger partial charge is 0.398 e. The highest BCUT2D eigenvalue weighted by molar-refractivity contribution is 6.33. The maximum Gasteiger partial charge on any atom is 0.168 e. The fraction of sp³-hybridized carbons (Fsp3) is 0.200. The first kappa shape index (κ1) is 13.6. The first-order chi connectivity index (χ1) is 9.10. The monoisotopic (exact) mass is 274 g/mol. The number of nitrogen functional groups attached to an aromatic ring is 1. The number of pyridine rings is 1. The zero-order valence-electron chi connectivity index (χ0n) is 10.7. The van der Waals surface area contributed by atoms with Crippen molar-refractivity contribution >= 4 is 23.1 Å². The van der Waals surface area contributed by atoms with Gasteiger partial charge in [-0.3, -0.25) is 9.78 Å². The molecule has 0 amide bonds. The zero-order chi connectivity index (χ0) is 13.8. The molecule has 0 unspecified atom stereocenters. The Kier molecular flexibility index (Phi) is 4.17. The fourth-order valence-corrected chi connectivity index (χ4v) is 1.87. The van der Waals surface area contributed by atoms with Crippen LogP contribution in [0.1, 0.15) is 28.5 Å². The van der Waals surface area contributed by atoms with Gasteiger partial charge in [0.2, 0.25) is 0 Å². The van der Waals surface area contributed by atoms with Crippen LogP contribution < -0.4 is 5.73 Å². The van der Waals surface area contributed by atoms with Crippen LogP contribution in [0.15, 0.2) is 36.5 Å². The van der Waals surface area contributed by atoms with Crippen molar-refractivity contribution in [1.29, 1.82) is 0 Å². The molecule has 0 saturated heterocycles. The summed E-state index contributed by atoms with van der Waals surface area (Å²) in [7, 11) is 0. The van der Waals surface area contributed by atoms with Crippen LogP contribution in [0.5, 0.6) is 0 Å². The molecule has 1 heterocycles. The number of aryl methyl sites for hydroxylation is 1. The standard InChI is InChI=1S/C15H15ClN2O/c1-2-10-3-5-12(18-9-10)8-15(19)11-4-6-13(16)14(17)7-11/h3-7,9H,2,8,17H2,1H3. The second kappa shape index (κ2) is 5.85. The van der Waals surface area contributed by atoms with Gasteiger partial charge in [-0.15, -0.1) is 0 Å². The molecule has 1 aromatic carbocycles. The summed E-state index contributed by atoms with van der Waals surface area (Å²) in [5.41, 5.74) is 8.59. The molecule has 3 nitrogen and oxygen atoms in total. The van der Waals surface area contributed by atoms with Gasteiger partial charge in [0.15, 0.2) is 5.78 Å². The number of hydrogen-bond acceptors (Lipinski definition) is 3. The highest BCUT2D eigenvalue weighted by Crippen LogP contribution is 2.20. The number of Topliss-reactive ketones (excluding diaryl/α,β-unsaturated/α-hetero) is 1. The molecule has 19 heavy (non-hydrogen) atoms. The summed E-state index contributed by atoms with van der Waals surface area (Å²) in [6.07, 6.45) is 3.01. The van der Waals surface area contributed by atoms with Crippen molar-refractivity contribution in [3.8, 4) is 0 Å². The Morgan fingerprint density at radius 1 is 1.32 bits per heavy atom. The Morgan fingerprint density at radius 3 is 2.68 bits per heavy atom. The van der Waals surface area contributed by atoms with Gasteiger partial charge in [-0.1, -0.05) is 24.6 Å². The van der Waals surface area contributed by atoms with Crippen LogP contribution in [-0.4, -0.2) is 10.8 Å². The number of halogens is 1. The predicted octanol–water partition coefficient (Wildman–Crippen LogP) is 3.31. The summed E-state index contributed by atoms with van der Waals surface area (Å²) in [5.74, 6) is -0.0138. The van der Waals surface area contributed by atoms with E-state index < -0.39 is 0 Å². The Hall–Kier alpha value is -1.87. The van der Waals surface area contributed by atoms with Crippen LogP contribution >= 0.6 is 11.6 Å². The second-order valence-corrected chi connectivity index (χ2v) is 4.75. The van der Waals surface area contributed by atoms with E-state index in [0.717, 1.165) is 17.7 Å². The fourth-order valence-electron chi connectivity index (χ4n) is 1.75. The first-order valence-corrected chi connectivity index (χ1v) is 6.50. The van der Waals surface area contributed by atoms with E-state index in [1.54, 1.807) is 24.4 Å². The summed E-state index contributed by atoms with van der Waals surface area (Å²) in [4.78, 5) is 16.4. The van der Waals surface area contributed by atoms with Crippen LogP contribution in [0.25, 0.3) is 0 Å². The van der Waals surface area contributed by atoms with Crippen LogP contribution in [-0.2, 0) is 12.8 Å². The third-order valence-electron chi connectivity index (χ3n) is 2.95. The maximum absolute atomic E-state index is 12.1. The van der Waals surface area contributed by atoms with E-state index in [1.807, 2.05) is 12.1 Å². The lowest BCUT2D eigenvalue weighted by atomic mass is 10.1. The van der Waals surface area contributed by atoms with Crippen LogP contribution in [0.4, 0.5) is 5.69 Å². The van der Waals surface area contributed by atoms with E-state index in [0.29, 0.717) is 16.3 Å². The molecular weight excluding hydrogens is 260 g/mol. The molecule has 98 valence electrons. The quantitative estimate of drug-likeness (QED) is 0.687. The van der Waals surface area contributed by atoms with Crippen molar-refractivity contribution in [1.82, 2.24) is 4.98 Å². The lowest BCUT2D eigenvalue weighted by Gasteiger charge is -2.04. The molecule has 2 rings (SSSR count). The molecule has 4 heteroatoms. The number of rotatable bonds is 4. The van der Waals surface area contributed by atoms with Gasteiger partial charge in [0.05, 0.1) is 17.1 Å². The molecule has 1 aromatic heterocycles. The van der Waals surface area contributed by atoms with E-state index in [-0.39, 0.29) is 12.2 Å². The minimum Gasteiger partial charge on any atom is -0.398 e. The number of benzene rings is 1. The molecule has 2 aromatic rings. The Bertz CT molecular complexity index is 594. The number of carbonyl (C=O) groups is 1. The third kappa shape index (κ3) is 3.32. The van der Waals surface area contributed by atoms with Crippen molar-refractivity contribution in [2.24, 2.45) is 0 Å². The molecule has 0 bridgehead atoms. The Balaban J connectivity index is 2.13. The molecular formula is C15H15ClN2O. The summed E-state index contributed by atoms with van der Waals surface area (Å²) < 4.78 is 0. The van der Waals surface area contributed by atoms with Gasteiger partial charge in [0.1, 0.15) is 0 Å². The number of hydrogen-bond donors (Lipinski definition) is 1. The summed E-state index contributed by atoms with van der Waals surface area (Å²) in [5, 5.41) is 0.460. The SMILES string of the molecule is CCc1ccc(CC(=O)c2ccc(Cl)c(N)c2)nc1. The van der Waals surface area contributed by atoms with Gasteiger partial charge < -0.3 is 5.73 Å².